The van der Waals surface area contributed by atoms with Crippen LogP contribution in [0.4, 0.5) is 5.69 Å². The molecule has 3 atom stereocenters. The Labute approximate surface area is 161 Å². The zero-order chi connectivity index (χ0) is 18.8. The number of phenolic OH excluding ortho intramolecular Hbond substituents is 1. The normalized spacial score (nSPS) is 25.3. The van der Waals surface area contributed by atoms with Crippen LogP contribution >= 0.6 is 0 Å². The van der Waals surface area contributed by atoms with Gasteiger partial charge in [-0.3, -0.25) is 4.79 Å². The number of anilines is 1. The Morgan fingerprint density at radius 1 is 1.26 bits per heavy atom. The van der Waals surface area contributed by atoms with Gasteiger partial charge in [0.15, 0.2) is 6.61 Å². The van der Waals surface area contributed by atoms with Gasteiger partial charge in [-0.1, -0.05) is 31.2 Å². The van der Waals surface area contributed by atoms with Gasteiger partial charge in [0.05, 0.1) is 5.92 Å². The first-order chi connectivity index (χ1) is 13.2. The molecule has 2 aliphatic carbocycles. The Balaban J connectivity index is 1.55. The lowest BCUT2D eigenvalue weighted by Crippen LogP contribution is -2.26. The highest BCUT2D eigenvalue weighted by Crippen LogP contribution is 2.47. The van der Waals surface area contributed by atoms with E-state index >= 15 is 0 Å². The average Bonchev–Trinajstić information content (AvgIpc) is 3.29. The van der Waals surface area contributed by atoms with Gasteiger partial charge in [0, 0.05) is 30.4 Å². The molecule has 0 aromatic heterocycles. The molecule has 4 nitrogen and oxygen atoms in total. The van der Waals surface area contributed by atoms with E-state index in [0.717, 1.165) is 56.3 Å². The highest BCUT2D eigenvalue weighted by atomic mass is 16.5. The van der Waals surface area contributed by atoms with E-state index in [0.29, 0.717) is 5.56 Å². The monoisotopic (exact) mass is 367 g/mol. The number of hydrogen-bond donors (Lipinski definition) is 1. The van der Waals surface area contributed by atoms with E-state index in [-0.39, 0.29) is 24.2 Å². The summed E-state index contributed by atoms with van der Waals surface area (Å²) in [6, 6.07) is 5.85. The van der Waals surface area contributed by atoms with Gasteiger partial charge in [-0.2, -0.15) is 0 Å². The van der Waals surface area contributed by atoms with Gasteiger partial charge in [0.1, 0.15) is 5.75 Å². The SMILES string of the molecule is CC#CCOC(=O)C(c1ccc(N2C[C@H]3C[C@H]3C2)cc1O)C1CCCCC1. The number of carbonyl (C=O) groups is 1. The van der Waals surface area contributed by atoms with Crippen LogP contribution in [0.2, 0.25) is 0 Å². The summed E-state index contributed by atoms with van der Waals surface area (Å²) in [4.78, 5) is 15.2. The molecule has 1 aliphatic heterocycles. The quantitative estimate of drug-likeness (QED) is 0.629. The summed E-state index contributed by atoms with van der Waals surface area (Å²) in [6.07, 6.45) is 6.88. The maximum absolute atomic E-state index is 12.8. The first-order valence-corrected chi connectivity index (χ1v) is 10.3. The lowest BCUT2D eigenvalue weighted by atomic mass is 9.76. The van der Waals surface area contributed by atoms with E-state index in [9.17, 15) is 9.90 Å². The lowest BCUT2D eigenvalue weighted by molar-refractivity contribution is -0.145. The van der Waals surface area contributed by atoms with Crippen molar-refractivity contribution < 1.29 is 14.6 Å². The van der Waals surface area contributed by atoms with Gasteiger partial charge in [0.2, 0.25) is 0 Å². The minimum absolute atomic E-state index is 0.119. The Morgan fingerprint density at radius 2 is 2.00 bits per heavy atom. The standard InChI is InChI=1S/C23H29NO3/c1-2-3-11-27-23(26)22(16-7-5-4-6-8-16)20-10-9-19(13-21(20)25)24-14-17-12-18(17)15-24/h9-10,13,16-18,22,25H,4-8,11-12,14-15H2,1H3/t17-,18+,22?. The predicted molar refractivity (Wildman–Crippen MR) is 106 cm³/mol. The topological polar surface area (TPSA) is 49.8 Å². The molecule has 1 saturated heterocycles. The summed E-state index contributed by atoms with van der Waals surface area (Å²) >= 11 is 0. The largest absolute Gasteiger partial charge is 0.508 e. The summed E-state index contributed by atoms with van der Waals surface area (Å²) in [5, 5.41) is 10.8. The van der Waals surface area contributed by atoms with Gasteiger partial charge in [0.25, 0.3) is 0 Å². The third-order valence-electron chi connectivity index (χ3n) is 6.53. The molecule has 0 radical (unpaired) electrons. The Bertz CT molecular complexity index is 747. The summed E-state index contributed by atoms with van der Waals surface area (Å²) < 4.78 is 5.42. The average molecular weight is 367 g/mol. The molecule has 0 amide bonds. The van der Waals surface area contributed by atoms with E-state index in [1.165, 1.54) is 12.8 Å². The number of nitrogens with zero attached hydrogens (tertiary/aromatic N) is 1. The van der Waals surface area contributed by atoms with Crippen LogP contribution in [0.15, 0.2) is 18.2 Å². The molecular formula is C23H29NO3. The molecule has 3 fully saturated rings. The highest BCUT2D eigenvalue weighted by Gasteiger charge is 2.45. The molecule has 144 valence electrons. The molecule has 27 heavy (non-hydrogen) atoms. The van der Waals surface area contributed by atoms with Crippen LogP contribution in [0.3, 0.4) is 0 Å². The van der Waals surface area contributed by atoms with Crippen molar-refractivity contribution in [2.24, 2.45) is 17.8 Å². The van der Waals surface area contributed by atoms with E-state index in [4.69, 9.17) is 4.74 Å². The molecule has 2 saturated carbocycles. The second-order valence-electron chi connectivity index (χ2n) is 8.31. The first-order valence-electron chi connectivity index (χ1n) is 10.3. The second kappa shape index (κ2) is 7.84. The smallest absolute Gasteiger partial charge is 0.314 e. The number of phenols is 1. The summed E-state index contributed by atoms with van der Waals surface area (Å²) in [6.45, 7) is 4.04. The third-order valence-corrected chi connectivity index (χ3v) is 6.53. The van der Waals surface area contributed by atoms with Crippen molar-refractivity contribution in [2.75, 3.05) is 24.6 Å². The Morgan fingerprint density at radius 3 is 2.67 bits per heavy atom. The zero-order valence-corrected chi connectivity index (χ0v) is 16.1. The van der Waals surface area contributed by atoms with Gasteiger partial charge < -0.3 is 14.7 Å². The fourth-order valence-electron chi connectivity index (χ4n) is 4.91. The Hall–Kier alpha value is -2.15. The molecule has 1 heterocycles. The molecule has 0 bridgehead atoms. The number of carbonyl (C=O) groups excluding carboxylic acids is 1. The van der Waals surface area contributed by atoms with Crippen LogP contribution in [0.1, 0.15) is 56.9 Å². The molecule has 4 rings (SSSR count). The third kappa shape index (κ3) is 3.93. The molecule has 3 aliphatic rings. The first kappa shape index (κ1) is 18.2. The van der Waals surface area contributed by atoms with Crippen LogP contribution in [-0.2, 0) is 9.53 Å². The minimum Gasteiger partial charge on any atom is -0.508 e. The van der Waals surface area contributed by atoms with E-state index < -0.39 is 5.92 Å². The maximum atomic E-state index is 12.8. The maximum Gasteiger partial charge on any atom is 0.314 e. The van der Waals surface area contributed by atoms with Crippen LogP contribution in [-0.4, -0.2) is 30.8 Å². The minimum atomic E-state index is -0.398. The van der Waals surface area contributed by atoms with Crippen molar-refractivity contribution in [1.82, 2.24) is 0 Å². The molecule has 1 aromatic carbocycles. The lowest BCUT2D eigenvalue weighted by Gasteiger charge is -2.30. The highest BCUT2D eigenvalue weighted by molar-refractivity contribution is 5.80. The van der Waals surface area contributed by atoms with Crippen molar-refractivity contribution in [3.8, 4) is 17.6 Å². The summed E-state index contributed by atoms with van der Waals surface area (Å²) in [5.41, 5.74) is 1.78. The molecular weight excluding hydrogens is 338 g/mol. The molecule has 1 aromatic rings. The van der Waals surface area contributed by atoms with Crippen LogP contribution in [0.25, 0.3) is 0 Å². The molecule has 4 heteroatoms. The number of fused-ring (bicyclic) bond motifs is 1. The van der Waals surface area contributed by atoms with Crippen molar-refractivity contribution >= 4 is 11.7 Å². The number of hydrogen-bond acceptors (Lipinski definition) is 4. The fraction of sp³-hybridized carbons (Fsp3) is 0.609. The van der Waals surface area contributed by atoms with Crippen LogP contribution in [0, 0.1) is 29.6 Å². The van der Waals surface area contributed by atoms with Crippen molar-refractivity contribution in [1.29, 1.82) is 0 Å². The van der Waals surface area contributed by atoms with Crippen molar-refractivity contribution in [3.63, 3.8) is 0 Å². The number of benzene rings is 1. The fourth-order valence-corrected chi connectivity index (χ4v) is 4.91. The number of ether oxygens (including phenoxy) is 1. The molecule has 0 spiro atoms. The number of esters is 1. The van der Waals surface area contributed by atoms with Gasteiger partial charge in [-0.05, 0) is 50.0 Å². The van der Waals surface area contributed by atoms with E-state index in [2.05, 4.69) is 22.8 Å². The molecule has 1 N–H and O–H groups in total. The zero-order valence-electron chi connectivity index (χ0n) is 16.1. The van der Waals surface area contributed by atoms with Gasteiger partial charge >= 0.3 is 5.97 Å². The van der Waals surface area contributed by atoms with E-state index in [1.807, 2.05) is 12.1 Å². The van der Waals surface area contributed by atoms with Crippen molar-refractivity contribution in [2.45, 2.75) is 51.4 Å². The van der Waals surface area contributed by atoms with Gasteiger partial charge in [-0.25, -0.2) is 0 Å². The Kier molecular flexibility index (Phi) is 5.29. The predicted octanol–water partition coefficient (Wildman–Crippen LogP) is 4.08. The summed E-state index contributed by atoms with van der Waals surface area (Å²) in [7, 11) is 0. The number of piperidine rings is 1. The summed E-state index contributed by atoms with van der Waals surface area (Å²) in [5.74, 6) is 7.04. The van der Waals surface area contributed by atoms with Crippen LogP contribution < -0.4 is 4.90 Å². The molecule has 1 unspecified atom stereocenters. The van der Waals surface area contributed by atoms with E-state index in [1.54, 1.807) is 6.92 Å². The number of aromatic hydroxyl groups is 1. The second-order valence-corrected chi connectivity index (χ2v) is 8.31. The van der Waals surface area contributed by atoms with Crippen LogP contribution in [0.5, 0.6) is 5.75 Å². The number of rotatable bonds is 5. The van der Waals surface area contributed by atoms with Gasteiger partial charge in [-0.15, -0.1) is 5.92 Å². The van der Waals surface area contributed by atoms with Crippen molar-refractivity contribution in [3.05, 3.63) is 23.8 Å².